The van der Waals surface area contributed by atoms with E-state index in [4.69, 9.17) is 4.74 Å². The van der Waals surface area contributed by atoms with Crippen LogP contribution in [-0.2, 0) is 0 Å². The van der Waals surface area contributed by atoms with Crippen LogP contribution in [0, 0.1) is 0 Å². The summed E-state index contributed by atoms with van der Waals surface area (Å²) in [6.45, 7) is 0. The van der Waals surface area contributed by atoms with Gasteiger partial charge in [-0.1, -0.05) is 30.3 Å². The highest BCUT2D eigenvalue weighted by atomic mass is 16.5. The minimum absolute atomic E-state index is 0.0630. The number of nitrogens with zero attached hydrogens (tertiary/aromatic N) is 2. The number of rotatable bonds is 2. The number of methoxy groups -OCH3 is 1. The average Bonchev–Trinajstić information content (AvgIpc) is 2.30. The third-order valence-electron chi connectivity index (χ3n) is 2.01. The van der Waals surface area contributed by atoms with E-state index in [1.165, 1.54) is 13.2 Å². The van der Waals surface area contributed by atoms with Gasteiger partial charge in [-0.3, -0.25) is 0 Å². The predicted octanol–water partition coefficient (Wildman–Crippen LogP) is 1.86. The molecule has 2 rings (SSSR count). The second-order valence-corrected chi connectivity index (χ2v) is 2.99. The number of aromatic nitrogens is 2. The molecule has 0 saturated carbocycles. The van der Waals surface area contributed by atoms with Crippen molar-refractivity contribution in [3.63, 3.8) is 0 Å². The summed E-state index contributed by atoms with van der Waals surface area (Å²) in [5.74, 6) is 0.361. The molecule has 1 aromatic carbocycles. The van der Waals surface area contributed by atoms with E-state index in [0.717, 1.165) is 5.56 Å². The van der Waals surface area contributed by atoms with Crippen molar-refractivity contribution < 1.29 is 9.84 Å². The predicted molar refractivity (Wildman–Crippen MR) is 55.7 cm³/mol. The SMILES string of the molecule is COc1cc(O)c(-c2ccccc2)nn1. The second-order valence-electron chi connectivity index (χ2n) is 2.99. The molecule has 1 aromatic heterocycles. The normalized spacial score (nSPS) is 9.93. The van der Waals surface area contributed by atoms with Crippen LogP contribution in [0.25, 0.3) is 11.3 Å². The van der Waals surface area contributed by atoms with E-state index >= 15 is 0 Å². The Morgan fingerprint density at radius 1 is 1.13 bits per heavy atom. The van der Waals surface area contributed by atoms with Gasteiger partial charge in [-0.15, -0.1) is 10.2 Å². The molecule has 0 amide bonds. The largest absolute Gasteiger partial charge is 0.505 e. The summed E-state index contributed by atoms with van der Waals surface area (Å²) >= 11 is 0. The van der Waals surface area contributed by atoms with Gasteiger partial charge in [-0.05, 0) is 0 Å². The maximum atomic E-state index is 9.69. The van der Waals surface area contributed by atoms with Crippen LogP contribution in [0.3, 0.4) is 0 Å². The van der Waals surface area contributed by atoms with Gasteiger partial charge in [-0.25, -0.2) is 0 Å². The van der Waals surface area contributed by atoms with Crippen molar-refractivity contribution in [3.8, 4) is 22.9 Å². The van der Waals surface area contributed by atoms with E-state index in [1.807, 2.05) is 30.3 Å². The van der Waals surface area contributed by atoms with E-state index in [2.05, 4.69) is 10.2 Å². The smallest absolute Gasteiger partial charge is 0.236 e. The summed E-state index contributed by atoms with van der Waals surface area (Å²) in [6, 6.07) is 10.8. The minimum Gasteiger partial charge on any atom is -0.505 e. The Labute approximate surface area is 87.2 Å². The van der Waals surface area contributed by atoms with E-state index in [1.54, 1.807) is 0 Å². The molecule has 0 fully saturated rings. The van der Waals surface area contributed by atoms with E-state index in [0.29, 0.717) is 11.6 Å². The van der Waals surface area contributed by atoms with Crippen LogP contribution in [-0.4, -0.2) is 22.4 Å². The van der Waals surface area contributed by atoms with Crippen LogP contribution >= 0.6 is 0 Å². The number of hydrogen-bond donors (Lipinski definition) is 1. The Morgan fingerprint density at radius 3 is 2.47 bits per heavy atom. The molecule has 0 aliphatic heterocycles. The first-order chi connectivity index (χ1) is 7.31. The summed E-state index contributed by atoms with van der Waals surface area (Å²) in [7, 11) is 1.48. The van der Waals surface area contributed by atoms with Crippen molar-refractivity contribution in [3.05, 3.63) is 36.4 Å². The van der Waals surface area contributed by atoms with Crippen LogP contribution in [0.5, 0.6) is 11.6 Å². The minimum atomic E-state index is 0.0630. The molecule has 0 bridgehead atoms. The van der Waals surface area contributed by atoms with E-state index in [9.17, 15) is 5.11 Å². The molecule has 15 heavy (non-hydrogen) atoms. The Balaban J connectivity index is 2.46. The molecular weight excluding hydrogens is 192 g/mol. The Kier molecular flexibility index (Phi) is 2.49. The lowest BCUT2D eigenvalue weighted by molar-refractivity contribution is 0.384. The van der Waals surface area contributed by atoms with Crippen molar-refractivity contribution in [1.82, 2.24) is 10.2 Å². The quantitative estimate of drug-likeness (QED) is 0.807. The van der Waals surface area contributed by atoms with Gasteiger partial charge in [0.2, 0.25) is 5.88 Å². The first-order valence-electron chi connectivity index (χ1n) is 4.47. The van der Waals surface area contributed by atoms with Crippen molar-refractivity contribution in [2.75, 3.05) is 7.11 Å². The van der Waals surface area contributed by atoms with Crippen LogP contribution in [0.2, 0.25) is 0 Å². The van der Waals surface area contributed by atoms with Crippen molar-refractivity contribution in [2.45, 2.75) is 0 Å². The fraction of sp³-hybridized carbons (Fsp3) is 0.0909. The maximum absolute atomic E-state index is 9.69. The monoisotopic (exact) mass is 202 g/mol. The lowest BCUT2D eigenvalue weighted by Crippen LogP contribution is -1.92. The Morgan fingerprint density at radius 2 is 1.87 bits per heavy atom. The molecular formula is C11H10N2O2. The van der Waals surface area contributed by atoms with Gasteiger partial charge >= 0.3 is 0 Å². The fourth-order valence-electron chi connectivity index (χ4n) is 1.27. The molecule has 4 heteroatoms. The van der Waals surface area contributed by atoms with Crippen LogP contribution in [0.15, 0.2) is 36.4 Å². The van der Waals surface area contributed by atoms with Gasteiger partial charge in [-0.2, -0.15) is 0 Å². The number of ether oxygens (including phenoxy) is 1. The van der Waals surface area contributed by atoms with Gasteiger partial charge in [0.15, 0.2) is 0 Å². The third kappa shape index (κ3) is 1.88. The molecule has 0 saturated heterocycles. The van der Waals surface area contributed by atoms with Crippen LogP contribution in [0.1, 0.15) is 0 Å². The number of benzene rings is 1. The summed E-state index contributed by atoms with van der Waals surface area (Å²) in [6.07, 6.45) is 0. The zero-order valence-corrected chi connectivity index (χ0v) is 8.21. The molecule has 1 N–H and O–H groups in total. The molecule has 0 radical (unpaired) electrons. The highest BCUT2D eigenvalue weighted by molar-refractivity contribution is 5.65. The zero-order chi connectivity index (χ0) is 10.7. The standard InChI is InChI=1S/C11H10N2O2/c1-15-10-7-9(14)11(13-12-10)8-5-3-2-4-6-8/h2-7H,1H3,(H,12,14). The first kappa shape index (κ1) is 9.45. The summed E-state index contributed by atoms with van der Waals surface area (Å²) in [5.41, 5.74) is 1.28. The molecule has 0 atom stereocenters. The van der Waals surface area contributed by atoms with Gasteiger partial charge < -0.3 is 9.84 Å². The lowest BCUT2D eigenvalue weighted by atomic mass is 10.1. The number of hydrogen-bond acceptors (Lipinski definition) is 4. The Bertz CT molecular complexity index is 457. The van der Waals surface area contributed by atoms with Crippen molar-refractivity contribution in [1.29, 1.82) is 0 Å². The molecule has 0 unspecified atom stereocenters. The first-order valence-corrected chi connectivity index (χ1v) is 4.47. The lowest BCUT2D eigenvalue weighted by Gasteiger charge is -2.03. The second kappa shape index (κ2) is 3.96. The topological polar surface area (TPSA) is 55.2 Å². The van der Waals surface area contributed by atoms with E-state index < -0.39 is 0 Å². The molecule has 4 nitrogen and oxygen atoms in total. The van der Waals surface area contributed by atoms with Gasteiger partial charge in [0.25, 0.3) is 0 Å². The summed E-state index contributed by atoms with van der Waals surface area (Å²) in [4.78, 5) is 0. The van der Waals surface area contributed by atoms with Crippen LogP contribution < -0.4 is 4.74 Å². The molecule has 2 aromatic rings. The fourth-order valence-corrected chi connectivity index (χ4v) is 1.27. The van der Waals surface area contributed by atoms with Gasteiger partial charge in [0.05, 0.1) is 7.11 Å². The molecule has 76 valence electrons. The molecule has 0 aliphatic carbocycles. The van der Waals surface area contributed by atoms with Crippen molar-refractivity contribution in [2.24, 2.45) is 0 Å². The summed E-state index contributed by atoms with van der Waals surface area (Å²) in [5, 5.41) is 17.4. The van der Waals surface area contributed by atoms with Gasteiger partial charge in [0, 0.05) is 11.6 Å². The maximum Gasteiger partial charge on any atom is 0.236 e. The third-order valence-corrected chi connectivity index (χ3v) is 2.01. The average molecular weight is 202 g/mol. The molecule has 0 aliphatic rings. The van der Waals surface area contributed by atoms with Crippen LogP contribution in [0.4, 0.5) is 0 Å². The Hall–Kier alpha value is -2.10. The number of aromatic hydroxyl groups is 1. The van der Waals surface area contributed by atoms with E-state index in [-0.39, 0.29) is 5.75 Å². The summed E-state index contributed by atoms with van der Waals surface area (Å²) < 4.78 is 4.85. The highest BCUT2D eigenvalue weighted by Gasteiger charge is 2.07. The van der Waals surface area contributed by atoms with Gasteiger partial charge in [0.1, 0.15) is 11.4 Å². The molecule has 0 spiro atoms. The molecule has 1 heterocycles. The van der Waals surface area contributed by atoms with Crippen molar-refractivity contribution >= 4 is 0 Å². The highest BCUT2D eigenvalue weighted by Crippen LogP contribution is 2.27. The zero-order valence-electron chi connectivity index (χ0n) is 8.21.